The van der Waals surface area contributed by atoms with E-state index < -0.39 is 58.9 Å². The van der Waals surface area contributed by atoms with E-state index in [4.69, 9.17) is 16.3 Å². The van der Waals surface area contributed by atoms with Crippen LogP contribution in [0.4, 0.5) is 0 Å². The van der Waals surface area contributed by atoms with Crippen LogP contribution in [-0.4, -0.2) is 52.4 Å². The van der Waals surface area contributed by atoms with Gasteiger partial charge in [-0.05, 0) is 56.1 Å². The van der Waals surface area contributed by atoms with Crippen molar-refractivity contribution in [2.75, 3.05) is 6.56 Å². The molecular weight excluding hydrogens is 396 g/mol. The number of rotatable bonds is 4. The maximum Gasteiger partial charge on any atom is 0.193 e. The first-order valence-corrected chi connectivity index (χ1v) is 11.3. The fourth-order valence-corrected chi connectivity index (χ4v) is 7.61. The first-order valence-electron chi connectivity index (χ1n) is 13.8. The average molecular weight is 436 g/mol. The van der Waals surface area contributed by atoms with Gasteiger partial charge in [-0.3, -0.25) is 9.59 Å². The summed E-state index contributed by atoms with van der Waals surface area (Å²) < 4.78 is 53.6. The van der Waals surface area contributed by atoms with E-state index in [2.05, 4.69) is 0 Å². The molecule has 2 N–H and O–H groups in total. The number of allylic oxidation sites excluding steroid dienone is 4. The fourth-order valence-electron chi connectivity index (χ4n) is 7.61. The normalized spacial score (nSPS) is 56.2. The van der Waals surface area contributed by atoms with Crippen molar-refractivity contribution < 1.29 is 36.1 Å². The zero-order valence-corrected chi connectivity index (χ0v) is 18.2. The Bertz CT molecular complexity index is 1090. The number of aliphatic hydroxyl groups excluding tert-OH is 1. The van der Waals surface area contributed by atoms with Crippen molar-refractivity contribution >= 4 is 11.6 Å². The van der Waals surface area contributed by atoms with Crippen LogP contribution < -0.4 is 0 Å². The van der Waals surface area contributed by atoms with Gasteiger partial charge < -0.3 is 19.7 Å². The summed E-state index contributed by atoms with van der Waals surface area (Å²) >= 11 is 0. The predicted molar refractivity (Wildman–Crippen MR) is 113 cm³/mol. The van der Waals surface area contributed by atoms with Gasteiger partial charge in [0, 0.05) is 16.7 Å². The highest BCUT2D eigenvalue weighted by atomic mass is 16.7. The van der Waals surface area contributed by atoms with Gasteiger partial charge in [-0.1, -0.05) is 38.8 Å². The Labute approximate surface area is 190 Å². The molecule has 9 atom stereocenters. The first kappa shape index (κ1) is 16.3. The van der Waals surface area contributed by atoms with Crippen molar-refractivity contribution in [3.8, 4) is 0 Å². The van der Waals surface area contributed by atoms with Gasteiger partial charge in [0.1, 0.15) is 6.56 Å². The summed E-state index contributed by atoms with van der Waals surface area (Å²) in [6.07, 6.45) is -0.885. The standard InChI is InChI=1S/C25H34O6/c1-4-5-21-30-20-11-17-16-7-6-14-10-15(27)8-9-23(14,2)22(16)18(28)12-24(17,3)25(20,31-21)19(29)13-26/h8-10,16-18,20-22,26,28H,4-7,11-13H2,1-3H3/t16-,17-,18-,20+,21?,22+,23-,24-,25+/m0/s1/i9D,10D,13D2,21D. The maximum absolute atomic E-state index is 13.6. The minimum absolute atomic E-state index is 0.000147. The Morgan fingerprint density at radius 2 is 2.23 bits per heavy atom. The zero-order chi connectivity index (χ0) is 26.6. The van der Waals surface area contributed by atoms with E-state index >= 15 is 0 Å². The molecule has 5 aliphatic rings. The number of ether oxygens (including phenoxy) is 2. The van der Waals surface area contributed by atoms with E-state index in [1.807, 2.05) is 6.92 Å². The predicted octanol–water partition coefficient (Wildman–Crippen LogP) is 2.72. The molecule has 1 saturated heterocycles. The molecular formula is C25H34O6. The number of fused-ring (bicyclic) bond motifs is 7. The Hall–Kier alpha value is -1.34. The number of aliphatic hydroxyl groups is 2. The van der Waals surface area contributed by atoms with Crippen molar-refractivity contribution in [1.29, 1.82) is 0 Å². The second-order valence-electron chi connectivity index (χ2n) is 10.2. The zero-order valence-electron chi connectivity index (χ0n) is 23.2. The average Bonchev–Trinajstić information content (AvgIpc) is 3.18. The SMILES string of the molecule is [2H]C1=CC(=O)C([2H])=C2CC[C@@H]3[C@H]([C@@H](O)C[C@@]4(C)[C@H]3C[C@H]3OC([2H])(CCC)O[C@]34C(=O)C([2H])([2H])O)[C@@]12C. The van der Waals surface area contributed by atoms with Crippen LogP contribution >= 0.6 is 0 Å². The highest BCUT2D eigenvalue weighted by molar-refractivity contribution is 6.01. The molecule has 0 spiro atoms. The van der Waals surface area contributed by atoms with E-state index in [0.29, 0.717) is 24.8 Å². The first-order chi connectivity index (χ1) is 16.6. The van der Waals surface area contributed by atoms with Crippen LogP contribution in [0.2, 0.25) is 0 Å². The van der Waals surface area contributed by atoms with Crippen molar-refractivity contribution in [3.05, 3.63) is 23.8 Å². The monoisotopic (exact) mass is 435 g/mol. The second kappa shape index (κ2) is 7.08. The molecule has 4 aliphatic carbocycles. The molecule has 4 fully saturated rings. The molecule has 3 saturated carbocycles. The van der Waals surface area contributed by atoms with Crippen LogP contribution in [-0.2, 0) is 19.1 Å². The number of ketones is 2. The molecule has 5 rings (SSSR count). The summed E-state index contributed by atoms with van der Waals surface area (Å²) in [5.74, 6) is -2.73. The number of Topliss-reactive ketones (excluding diaryl/α,β-unsaturated/α-hetero) is 1. The second-order valence-corrected chi connectivity index (χ2v) is 10.2. The Morgan fingerprint density at radius 1 is 1.45 bits per heavy atom. The molecule has 1 heterocycles. The minimum atomic E-state index is -3.23. The maximum atomic E-state index is 13.6. The van der Waals surface area contributed by atoms with Gasteiger partial charge in [-0.2, -0.15) is 0 Å². The minimum Gasteiger partial charge on any atom is -0.393 e. The molecule has 0 amide bonds. The summed E-state index contributed by atoms with van der Waals surface area (Å²) in [5.41, 5.74) is -3.57. The summed E-state index contributed by atoms with van der Waals surface area (Å²) in [4.78, 5) is 25.9. The molecule has 1 aliphatic heterocycles. The van der Waals surface area contributed by atoms with E-state index in [1.165, 1.54) is 0 Å². The quantitative estimate of drug-likeness (QED) is 0.705. The molecule has 0 aromatic carbocycles. The van der Waals surface area contributed by atoms with E-state index in [1.54, 1.807) is 13.8 Å². The third kappa shape index (κ3) is 2.65. The van der Waals surface area contributed by atoms with E-state index in [-0.39, 0.29) is 43.2 Å². The number of carbonyl (C=O) groups is 2. The Balaban J connectivity index is 1.62. The molecule has 170 valence electrons. The smallest absolute Gasteiger partial charge is 0.193 e. The number of carbonyl (C=O) groups excluding carboxylic acids is 2. The summed E-state index contributed by atoms with van der Waals surface area (Å²) in [5, 5.41) is 21.9. The van der Waals surface area contributed by atoms with Gasteiger partial charge in [-0.25, -0.2) is 0 Å². The van der Waals surface area contributed by atoms with Crippen LogP contribution in [0.3, 0.4) is 0 Å². The molecule has 6 nitrogen and oxygen atoms in total. The van der Waals surface area contributed by atoms with Crippen molar-refractivity contribution in [2.45, 2.75) is 83.4 Å². The molecule has 0 bridgehead atoms. The molecule has 0 aromatic rings. The van der Waals surface area contributed by atoms with Crippen molar-refractivity contribution in [2.24, 2.45) is 28.6 Å². The van der Waals surface area contributed by atoms with Crippen LogP contribution in [0, 0.1) is 28.6 Å². The summed E-state index contributed by atoms with van der Waals surface area (Å²) in [6.45, 7) is 2.17. The van der Waals surface area contributed by atoms with Crippen LogP contribution in [0.25, 0.3) is 0 Å². The molecule has 31 heavy (non-hydrogen) atoms. The Morgan fingerprint density at radius 3 is 2.94 bits per heavy atom. The lowest BCUT2D eigenvalue weighted by Gasteiger charge is -2.59. The van der Waals surface area contributed by atoms with Gasteiger partial charge in [0.05, 0.1) is 19.1 Å². The molecule has 0 radical (unpaired) electrons. The molecule has 1 unspecified atom stereocenters. The summed E-state index contributed by atoms with van der Waals surface area (Å²) in [6, 6.07) is -0.0618. The van der Waals surface area contributed by atoms with Crippen molar-refractivity contribution in [3.63, 3.8) is 0 Å². The van der Waals surface area contributed by atoms with E-state index in [0.717, 1.165) is 6.08 Å². The van der Waals surface area contributed by atoms with Crippen LogP contribution in [0.5, 0.6) is 0 Å². The number of hydrogen-bond donors (Lipinski definition) is 2. The fraction of sp³-hybridized carbons (Fsp3) is 0.760. The third-order valence-electron chi connectivity index (χ3n) is 8.85. The van der Waals surface area contributed by atoms with Gasteiger partial charge >= 0.3 is 0 Å². The number of hydrogen-bond acceptors (Lipinski definition) is 6. The topological polar surface area (TPSA) is 93.1 Å². The highest BCUT2D eigenvalue weighted by Crippen LogP contribution is 2.69. The molecule has 0 aromatic heterocycles. The Kier molecular flexibility index (Phi) is 3.72. The van der Waals surface area contributed by atoms with Crippen LogP contribution in [0.1, 0.15) is 66.1 Å². The van der Waals surface area contributed by atoms with Crippen LogP contribution in [0.15, 0.2) is 23.8 Å². The summed E-state index contributed by atoms with van der Waals surface area (Å²) in [7, 11) is 0. The molecule has 6 heteroatoms. The van der Waals surface area contributed by atoms with Gasteiger partial charge in [-0.15, -0.1) is 0 Å². The largest absolute Gasteiger partial charge is 0.393 e. The van der Waals surface area contributed by atoms with Gasteiger partial charge in [0.25, 0.3) is 0 Å². The highest BCUT2D eigenvalue weighted by Gasteiger charge is 2.75. The van der Waals surface area contributed by atoms with Crippen molar-refractivity contribution in [1.82, 2.24) is 0 Å². The lowest BCUT2D eigenvalue weighted by molar-refractivity contribution is -0.200. The third-order valence-corrected chi connectivity index (χ3v) is 8.85. The lowest BCUT2D eigenvalue weighted by Crippen LogP contribution is -2.63. The van der Waals surface area contributed by atoms with Gasteiger partial charge in [0.15, 0.2) is 23.4 Å². The van der Waals surface area contributed by atoms with Gasteiger partial charge in [0.2, 0.25) is 0 Å². The lowest BCUT2D eigenvalue weighted by atomic mass is 9.46. The van der Waals surface area contributed by atoms with E-state index in [9.17, 15) is 19.8 Å².